The summed E-state index contributed by atoms with van der Waals surface area (Å²) in [5, 5.41) is 9.88. The fraction of sp³-hybridized carbons (Fsp3) is 0.263. The van der Waals surface area contributed by atoms with Gasteiger partial charge in [-0.05, 0) is 31.5 Å². The molecule has 0 saturated heterocycles. The first-order valence-corrected chi connectivity index (χ1v) is 8.61. The van der Waals surface area contributed by atoms with Crippen molar-refractivity contribution in [2.24, 2.45) is 5.73 Å². The van der Waals surface area contributed by atoms with Crippen LogP contribution in [-0.2, 0) is 16.1 Å². The van der Waals surface area contributed by atoms with E-state index in [1.807, 2.05) is 0 Å². The molecule has 142 valence electrons. The van der Waals surface area contributed by atoms with Gasteiger partial charge in [0.15, 0.2) is 5.76 Å². The van der Waals surface area contributed by atoms with Crippen LogP contribution in [0.4, 0.5) is 0 Å². The van der Waals surface area contributed by atoms with Crippen LogP contribution in [0.15, 0.2) is 51.0 Å². The number of aliphatic hydroxyl groups is 1. The van der Waals surface area contributed by atoms with Gasteiger partial charge in [0.2, 0.25) is 17.1 Å². The van der Waals surface area contributed by atoms with Crippen LogP contribution in [0.5, 0.6) is 5.75 Å². The number of aliphatic hydroxyl groups excluding tert-OH is 1. The number of esters is 1. The largest absolute Gasteiger partial charge is 0.459 e. The number of fused-ring (bicyclic) bond motifs is 1. The Morgan fingerprint density at radius 1 is 1.33 bits per heavy atom. The number of nitrogens with two attached hydrogens (primary N) is 1. The summed E-state index contributed by atoms with van der Waals surface area (Å²) in [5.41, 5.74) is 6.06. The van der Waals surface area contributed by atoms with Crippen molar-refractivity contribution in [2.45, 2.75) is 32.5 Å². The van der Waals surface area contributed by atoms with Crippen LogP contribution in [0, 0.1) is 0 Å². The predicted octanol–water partition coefficient (Wildman–Crippen LogP) is 2.43. The minimum absolute atomic E-state index is 0.0109. The van der Waals surface area contributed by atoms with Gasteiger partial charge in [-0.25, -0.2) is 4.79 Å². The molecule has 0 spiro atoms. The maximum Gasteiger partial charge on any atom is 0.340 e. The Labute approximate surface area is 160 Å². The molecule has 1 aliphatic rings. The number of carbonyl (C=O) groups excluding carboxylic acids is 1. The molecular formula is C19H18ClNO6. The van der Waals surface area contributed by atoms with E-state index in [9.17, 15) is 14.7 Å². The number of carbonyl (C=O) groups is 1. The Morgan fingerprint density at radius 3 is 2.59 bits per heavy atom. The van der Waals surface area contributed by atoms with Crippen molar-refractivity contribution in [1.29, 1.82) is 0 Å². The maximum absolute atomic E-state index is 12.7. The van der Waals surface area contributed by atoms with E-state index in [0.717, 1.165) is 6.07 Å². The standard InChI is InChI=1S/C19H18ClNO6/c1-9(2)25-19(24)15-14(10-3-5-11(20)6-4-10)17-16(27-18(15)21)13(23)7-12(8-22)26-17/h3-7,9,14,22H,8,21H2,1-2H3. The van der Waals surface area contributed by atoms with E-state index in [4.69, 9.17) is 31.2 Å². The smallest absolute Gasteiger partial charge is 0.340 e. The minimum atomic E-state index is -0.850. The van der Waals surface area contributed by atoms with Crippen LogP contribution in [0.2, 0.25) is 5.02 Å². The summed E-state index contributed by atoms with van der Waals surface area (Å²) in [6.45, 7) is 2.92. The van der Waals surface area contributed by atoms with Gasteiger partial charge in [-0.3, -0.25) is 4.79 Å². The zero-order chi connectivity index (χ0) is 19.7. The molecule has 1 atom stereocenters. The summed E-state index contributed by atoms with van der Waals surface area (Å²) in [6, 6.07) is 7.76. The van der Waals surface area contributed by atoms with E-state index in [-0.39, 0.29) is 34.8 Å². The summed E-state index contributed by atoms with van der Waals surface area (Å²) >= 11 is 5.96. The van der Waals surface area contributed by atoms with E-state index in [1.165, 1.54) is 0 Å². The Morgan fingerprint density at radius 2 is 2.00 bits per heavy atom. The average Bonchev–Trinajstić information content (AvgIpc) is 2.61. The quantitative estimate of drug-likeness (QED) is 0.769. The molecule has 1 aliphatic heterocycles. The molecule has 3 rings (SSSR count). The number of ether oxygens (including phenoxy) is 2. The van der Waals surface area contributed by atoms with Crippen LogP contribution in [0.25, 0.3) is 0 Å². The summed E-state index contributed by atoms with van der Waals surface area (Å²) in [4.78, 5) is 25.0. The second-order valence-electron chi connectivity index (χ2n) is 6.25. The van der Waals surface area contributed by atoms with Crippen molar-refractivity contribution < 1.29 is 23.8 Å². The lowest BCUT2D eigenvalue weighted by Gasteiger charge is -2.27. The molecular weight excluding hydrogens is 374 g/mol. The van der Waals surface area contributed by atoms with Crippen LogP contribution in [-0.4, -0.2) is 17.2 Å². The fourth-order valence-corrected chi connectivity index (χ4v) is 2.95. The van der Waals surface area contributed by atoms with Crippen molar-refractivity contribution in [3.05, 3.63) is 74.1 Å². The highest BCUT2D eigenvalue weighted by molar-refractivity contribution is 6.30. The summed E-state index contributed by atoms with van der Waals surface area (Å²) in [5.74, 6) is -1.80. The van der Waals surface area contributed by atoms with Gasteiger partial charge in [0.25, 0.3) is 0 Å². The molecule has 0 amide bonds. The third-order valence-electron chi connectivity index (χ3n) is 3.93. The number of hydrogen-bond donors (Lipinski definition) is 2. The zero-order valence-electron chi connectivity index (χ0n) is 14.7. The number of rotatable bonds is 4. The topological polar surface area (TPSA) is 112 Å². The minimum Gasteiger partial charge on any atom is -0.459 e. The molecule has 0 fully saturated rings. The third kappa shape index (κ3) is 3.70. The molecule has 8 heteroatoms. The molecule has 1 unspecified atom stereocenters. The first-order valence-electron chi connectivity index (χ1n) is 8.23. The lowest BCUT2D eigenvalue weighted by atomic mass is 9.86. The Hall–Kier alpha value is -2.77. The highest BCUT2D eigenvalue weighted by Crippen LogP contribution is 2.42. The highest BCUT2D eigenvalue weighted by atomic mass is 35.5. The molecule has 2 heterocycles. The highest BCUT2D eigenvalue weighted by Gasteiger charge is 2.39. The van der Waals surface area contributed by atoms with Crippen molar-refractivity contribution in [1.82, 2.24) is 0 Å². The summed E-state index contributed by atoms with van der Waals surface area (Å²) in [7, 11) is 0. The lowest BCUT2D eigenvalue weighted by molar-refractivity contribution is -0.143. The van der Waals surface area contributed by atoms with Gasteiger partial charge < -0.3 is 24.7 Å². The lowest BCUT2D eigenvalue weighted by Crippen LogP contribution is -2.31. The predicted molar refractivity (Wildman–Crippen MR) is 97.3 cm³/mol. The second kappa shape index (κ2) is 7.46. The molecule has 1 aromatic heterocycles. The van der Waals surface area contributed by atoms with E-state index in [0.29, 0.717) is 10.6 Å². The monoisotopic (exact) mass is 391 g/mol. The molecule has 0 aliphatic carbocycles. The van der Waals surface area contributed by atoms with Gasteiger partial charge in [-0.15, -0.1) is 0 Å². The van der Waals surface area contributed by atoms with Crippen molar-refractivity contribution >= 4 is 17.6 Å². The maximum atomic E-state index is 12.7. The van der Waals surface area contributed by atoms with E-state index >= 15 is 0 Å². The molecule has 3 N–H and O–H groups in total. The second-order valence-corrected chi connectivity index (χ2v) is 6.68. The molecule has 0 saturated carbocycles. The normalized spacial score (nSPS) is 16.1. The number of benzene rings is 1. The first-order chi connectivity index (χ1) is 12.8. The third-order valence-corrected chi connectivity index (χ3v) is 4.18. The molecule has 1 aromatic carbocycles. The molecule has 2 aromatic rings. The van der Waals surface area contributed by atoms with Crippen molar-refractivity contribution in [3.8, 4) is 5.75 Å². The molecule has 0 radical (unpaired) electrons. The fourth-order valence-electron chi connectivity index (χ4n) is 2.83. The first kappa shape index (κ1) is 19.0. The van der Waals surface area contributed by atoms with Gasteiger partial charge >= 0.3 is 5.97 Å². The van der Waals surface area contributed by atoms with Gasteiger partial charge in [0.1, 0.15) is 17.9 Å². The number of hydrogen-bond acceptors (Lipinski definition) is 7. The van der Waals surface area contributed by atoms with Crippen molar-refractivity contribution in [3.63, 3.8) is 0 Å². The van der Waals surface area contributed by atoms with E-state index in [2.05, 4.69) is 0 Å². The van der Waals surface area contributed by atoms with Gasteiger partial charge in [0.05, 0.1) is 12.0 Å². The van der Waals surface area contributed by atoms with Crippen LogP contribution in [0.3, 0.4) is 0 Å². The summed E-state index contributed by atoms with van der Waals surface area (Å²) in [6.07, 6.45) is -0.388. The van der Waals surface area contributed by atoms with E-state index in [1.54, 1.807) is 38.1 Å². The zero-order valence-corrected chi connectivity index (χ0v) is 15.4. The Balaban J connectivity index is 2.24. The van der Waals surface area contributed by atoms with Crippen LogP contribution in [0.1, 0.15) is 36.8 Å². The Kier molecular flexibility index (Phi) is 5.25. The van der Waals surface area contributed by atoms with Gasteiger partial charge in [-0.1, -0.05) is 23.7 Å². The van der Waals surface area contributed by atoms with Crippen LogP contribution >= 0.6 is 11.6 Å². The average molecular weight is 392 g/mol. The Bertz CT molecular complexity index is 961. The van der Waals surface area contributed by atoms with Crippen LogP contribution < -0.4 is 15.9 Å². The van der Waals surface area contributed by atoms with E-state index < -0.39 is 23.9 Å². The SMILES string of the molecule is CC(C)OC(=O)C1=C(N)Oc2c(oc(CO)cc2=O)C1c1ccc(Cl)cc1. The number of halogens is 1. The molecule has 7 nitrogen and oxygen atoms in total. The molecule has 0 bridgehead atoms. The van der Waals surface area contributed by atoms with Gasteiger partial charge in [-0.2, -0.15) is 0 Å². The molecule has 27 heavy (non-hydrogen) atoms. The van der Waals surface area contributed by atoms with Crippen molar-refractivity contribution in [2.75, 3.05) is 0 Å². The summed E-state index contributed by atoms with van der Waals surface area (Å²) < 4.78 is 16.3. The van der Waals surface area contributed by atoms with Gasteiger partial charge in [0, 0.05) is 11.1 Å².